The van der Waals surface area contributed by atoms with Gasteiger partial charge in [0.05, 0.1) is 60.4 Å². The van der Waals surface area contributed by atoms with E-state index in [0.29, 0.717) is 13.0 Å². The standard InChI is InChI=1S/C30H50N2O13/c1-9-19(41-6)23(25(33)31-12-11-13-32(4)5)17(26(34)35)14-21(43-8)24(29(39)44-10-2)18(27(36)37)15-20(42-7)22-16(3)28(38)45-30(22)40/h16-24H,9-15H2,1-8H3,(H,31,33)(H,34,35)(H,36,37). The highest BCUT2D eigenvalue weighted by Gasteiger charge is 2.51. The van der Waals surface area contributed by atoms with Gasteiger partial charge in [-0.2, -0.15) is 0 Å². The van der Waals surface area contributed by atoms with Crippen LogP contribution in [0.4, 0.5) is 0 Å². The molecule has 1 saturated heterocycles. The van der Waals surface area contributed by atoms with Crippen molar-refractivity contribution in [3.8, 4) is 0 Å². The van der Waals surface area contributed by atoms with Gasteiger partial charge < -0.3 is 44.1 Å². The fourth-order valence-corrected chi connectivity index (χ4v) is 5.88. The van der Waals surface area contributed by atoms with Crippen molar-refractivity contribution in [2.45, 2.75) is 64.8 Å². The summed E-state index contributed by atoms with van der Waals surface area (Å²) in [6.45, 7) is 5.56. The molecule has 258 valence electrons. The number of carboxylic acid groups (broad SMARTS) is 2. The molecule has 0 aromatic carbocycles. The van der Waals surface area contributed by atoms with E-state index in [9.17, 15) is 39.0 Å². The van der Waals surface area contributed by atoms with Gasteiger partial charge in [0.1, 0.15) is 0 Å². The predicted octanol–water partition coefficient (Wildman–Crippen LogP) is 0.822. The van der Waals surface area contributed by atoms with Crippen molar-refractivity contribution in [1.82, 2.24) is 10.2 Å². The highest BCUT2D eigenvalue weighted by molar-refractivity contribution is 5.96. The third-order valence-corrected chi connectivity index (χ3v) is 8.31. The second kappa shape index (κ2) is 19.4. The maximum atomic E-state index is 13.4. The van der Waals surface area contributed by atoms with Crippen LogP contribution in [0.2, 0.25) is 0 Å². The minimum absolute atomic E-state index is 0.117. The summed E-state index contributed by atoms with van der Waals surface area (Å²) < 4.78 is 26.5. The molecule has 0 bridgehead atoms. The van der Waals surface area contributed by atoms with E-state index in [2.05, 4.69) is 5.32 Å². The van der Waals surface area contributed by atoms with E-state index in [1.807, 2.05) is 19.0 Å². The van der Waals surface area contributed by atoms with Gasteiger partial charge in [-0.05, 0) is 53.2 Å². The summed E-state index contributed by atoms with van der Waals surface area (Å²) in [6.07, 6.45) is -3.32. The third-order valence-electron chi connectivity index (χ3n) is 8.31. The Labute approximate surface area is 264 Å². The Morgan fingerprint density at radius 1 is 0.889 bits per heavy atom. The van der Waals surface area contributed by atoms with Crippen LogP contribution in [-0.4, -0.2) is 124 Å². The van der Waals surface area contributed by atoms with Gasteiger partial charge in [0.2, 0.25) is 5.91 Å². The predicted molar refractivity (Wildman–Crippen MR) is 158 cm³/mol. The number of cyclic esters (lactones) is 2. The molecule has 1 aliphatic heterocycles. The Bertz CT molecular complexity index is 1020. The van der Waals surface area contributed by atoms with E-state index in [1.165, 1.54) is 35.2 Å². The van der Waals surface area contributed by atoms with Crippen molar-refractivity contribution < 1.29 is 62.7 Å². The summed E-state index contributed by atoms with van der Waals surface area (Å²) in [5.41, 5.74) is 0. The lowest BCUT2D eigenvalue weighted by atomic mass is 9.74. The summed E-state index contributed by atoms with van der Waals surface area (Å²) >= 11 is 0. The molecule has 1 amide bonds. The number of methoxy groups -OCH3 is 3. The first kappa shape index (κ1) is 39.9. The molecule has 0 aromatic rings. The number of esters is 3. The second-order valence-electron chi connectivity index (χ2n) is 11.4. The first-order valence-electron chi connectivity index (χ1n) is 15.1. The van der Waals surface area contributed by atoms with Crippen LogP contribution in [0.1, 0.15) is 46.5 Å². The molecule has 9 unspecified atom stereocenters. The zero-order chi connectivity index (χ0) is 34.4. The Balaban J connectivity index is 3.54. The van der Waals surface area contributed by atoms with Crippen LogP contribution in [0.25, 0.3) is 0 Å². The number of nitrogens with one attached hydrogen (secondary N) is 1. The first-order chi connectivity index (χ1) is 21.2. The normalized spacial score (nSPS) is 21.3. The maximum absolute atomic E-state index is 13.4. The maximum Gasteiger partial charge on any atom is 0.320 e. The van der Waals surface area contributed by atoms with E-state index in [1.54, 1.807) is 6.92 Å². The van der Waals surface area contributed by atoms with Crippen molar-refractivity contribution in [2.24, 2.45) is 35.5 Å². The van der Waals surface area contributed by atoms with Gasteiger partial charge in [-0.1, -0.05) is 13.8 Å². The number of hydrogen-bond acceptors (Lipinski definition) is 12. The number of aliphatic carboxylic acids is 2. The highest BCUT2D eigenvalue weighted by atomic mass is 16.6. The minimum atomic E-state index is -1.60. The average Bonchev–Trinajstić information content (AvgIpc) is 3.23. The van der Waals surface area contributed by atoms with Crippen LogP contribution < -0.4 is 5.32 Å². The molecule has 1 heterocycles. The van der Waals surface area contributed by atoms with Gasteiger partial charge in [-0.3, -0.25) is 28.8 Å². The van der Waals surface area contributed by atoms with Crippen molar-refractivity contribution in [1.29, 1.82) is 0 Å². The van der Waals surface area contributed by atoms with Crippen LogP contribution in [-0.2, 0) is 52.5 Å². The monoisotopic (exact) mass is 646 g/mol. The topological polar surface area (TPSA) is 204 Å². The van der Waals surface area contributed by atoms with Crippen molar-refractivity contribution >= 4 is 35.8 Å². The zero-order valence-electron chi connectivity index (χ0n) is 27.5. The van der Waals surface area contributed by atoms with E-state index in [-0.39, 0.29) is 19.6 Å². The smallest absolute Gasteiger partial charge is 0.320 e. The highest BCUT2D eigenvalue weighted by Crippen LogP contribution is 2.37. The summed E-state index contributed by atoms with van der Waals surface area (Å²) in [7, 11) is 7.55. The summed E-state index contributed by atoms with van der Waals surface area (Å²) in [4.78, 5) is 78.7. The lowest BCUT2D eigenvalue weighted by molar-refractivity contribution is -0.169. The fourth-order valence-electron chi connectivity index (χ4n) is 5.88. The molecule has 1 fully saturated rings. The lowest BCUT2D eigenvalue weighted by Crippen LogP contribution is -2.49. The molecule has 0 saturated carbocycles. The van der Waals surface area contributed by atoms with Gasteiger partial charge in [0.15, 0.2) is 0 Å². The van der Waals surface area contributed by atoms with Crippen molar-refractivity contribution in [2.75, 3.05) is 55.1 Å². The average molecular weight is 647 g/mol. The molecule has 0 aromatic heterocycles. The van der Waals surface area contributed by atoms with Gasteiger partial charge in [-0.25, -0.2) is 0 Å². The molecule has 1 rings (SSSR count). The minimum Gasteiger partial charge on any atom is -0.481 e. The number of amides is 1. The Morgan fingerprint density at radius 2 is 1.47 bits per heavy atom. The van der Waals surface area contributed by atoms with Crippen molar-refractivity contribution in [3.05, 3.63) is 0 Å². The van der Waals surface area contributed by atoms with Crippen molar-refractivity contribution in [3.63, 3.8) is 0 Å². The molecular weight excluding hydrogens is 596 g/mol. The number of nitrogens with zero attached hydrogens (tertiary/aromatic N) is 1. The molecule has 3 N–H and O–H groups in total. The molecule has 1 aliphatic rings. The first-order valence-corrected chi connectivity index (χ1v) is 15.1. The van der Waals surface area contributed by atoms with E-state index >= 15 is 0 Å². The Hall–Kier alpha value is -3.14. The molecular formula is C30H50N2O13. The second-order valence-corrected chi connectivity index (χ2v) is 11.4. The number of hydrogen-bond donors (Lipinski definition) is 3. The number of carbonyl (C=O) groups excluding carboxylic acids is 4. The van der Waals surface area contributed by atoms with E-state index in [0.717, 1.165) is 0 Å². The SMILES string of the molecule is CCOC(=O)C(C(CC(C(=O)O)C(C(=O)NCCCN(C)C)C(CC)OC)OC)C(CC(OC)C1C(=O)OC(=O)C1C)C(=O)O. The molecule has 0 radical (unpaired) electrons. The summed E-state index contributed by atoms with van der Waals surface area (Å²) in [5.74, 6) is -14.0. The number of carboxylic acids is 2. The molecule has 0 aliphatic carbocycles. The molecule has 9 atom stereocenters. The van der Waals surface area contributed by atoms with Gasteiger partial charge in [0, 0.05) is 27.9 Å². The van der Waals surface area contributed by atoms with Crippen LogP contribution in [0.5, 0.6) is 0 Å². The summed E-state index contributed by atoms with van der Waals surface area (Å²) in [6, 6.07) is 0. The molecule has 15 nitrogen and oxygen atoms in total. The van der Waals surface area contributed by atoms with Crippen LogP contribution in [0.3, 0.4) is 0 Å². The number of carbonyl (C=O) groups is 6. The molecule has 45 heavy (non-hydrogen) atoms. The van der Waals surface area contributed by atoms with Crippen LogP contribution >= 0.6 is 0 Å². The van der Waals surface area contributed by atoms with Gasteiger partial charge in [-0.15, -0.1) is 0 Å². The van der Waals surface area contributed by atoms with Gasteiger partial charge >= 0.3 is 29.8 Å². The number of ether oxygens (including phenoxy) is 5. The molecule has 0 spiro atoms. The summed E-state index contributed by atoms with van der Waals surface area (Å²) in [5, 5.41) is 23.5. The third kappa shape index (κ3) is 11.0. The lowest BCUT2D eigenvalue weighted by Gasteiger charge is -2.35. The largest absolute Gasteiger partial charge is 0.481 e. The van der Waals surface area contributed by atoms with Gasteiger partial charge in [0.25, 0.3) is 0 Å². The van der Waals surface area contributed by atoms with Crippen LogP contribution in [0.15, 0.2) is 0 Å². The number of rotatable bonds is 22. The quantitative estimate of drug-likeness (QED) is 0.0847. The van der Waals surface area contributed by atoms with E-state index in [4.69, 9.17) is 23.7 Å². The Kier molecular flexibility index (Phi) is 17.2. The zero-order valence-corrected chi connectivity index (χ0v) is 27.5. The fraction of sp³-hybridized carbons (Fsp3) is 0.800. The van der Waals surface area contributed by atoms with Crippen LogP contribution in [0, 0.1) is 35.5 Å². The van der Waals surface area contributed by atoms with E-state index < -0.39 is 102 Å². The Morgan fingerprint density at radius 3 is 1.89 bits per heavy atom. The molecule has 15 heteroatoms.